The van der Waals surface area contributed by atoms with Gasteiger partial charge in [0, 0.05) is 5.69 Å². The molecular formula is C17H14ClN5O. The highest BCUT2D eigenvalue weighted by molar-refractivity contribution is 6.32. The summed E-state index contributed by atoms with van der Waals surface area (Å²) >= 11 is 6.19. The van der Waals surface area contributed by atoms with E-state index in [1.807, 2.05) is 41.7 Å². The van der Waals surface area contributed by atoms with E-state index < -0.39 is 0 Å². The predicted molar refractivity (Wildman–Crippen MR) is 94.3 cm³/mol. The molecule has 0 saturated heterocycles. The lowest BCUT2D eigenvalue weighted by molar-refractivity contribution is 0.415. The predicted octanol–water partition coefficient (Wildman–Crippen LogP) is 3.99. The van der Waals surface area contributed by atoms with Crippen LogP contribution in [0.4, 0.5) is 11.5 Å². The minimum atomic E-state index is 0.525. The Kier molecular flexibility index (Phi) is 3.46. The SMILES string of the molecule is COc1ccc(Nc2nc3ccccc3n3c(C)nnc23)cc1Cl. The molecule has 0 unspecified atom stereocenters. The van der Waals surface area contributed by atoms with Gasteiger partial charge in [-0.05, 0) is 37.3 Å². The molecule has 0 aliphatic rings. The van der Waals surface area contributed by atoms with E-state index in [-0.39, 0.29) is 0 Å². The highest BCUT2D eigenvalue weighted by Gasteiger charge is 2.13. The highest BCUT2D eigenvalue weighted by atomic mass is 35.5. The van der Waals surface area contributed by atoms with Gasteiger partial charge in [-0.2, -0.15) is 0 Å². The summed E-state index contributed by atoms with van der Waals surface area (Å²) in [4.78, 5) is 4.68. The Morgan fingerprint density at radius 1 is 1.12 bits per heavy atom. The van der Waals surface area contributed by atoms with E-state index in [4.69, 9.17) is 16.3 Å². The van der Waals surface area contributed by atoms with Gasteiger partial charge in [-0.15, -0.1) is 10.2 Å². The molecule has 120 valence electrons. The average molecular weight is 340 g/mol. The van der Waals surface area contributed by atoms with Crippen molar-refractivity contribution >= 4 is 39.8 Å². The highest BCUT2D eigenvalue weighted by Crippen LogP contribution is 2.30. The molecule has 24 heavy (non-hydrogen) atoms. The Balaban J connectivity index is 1.88. The fourth-order valence-electron chi connectivity index (χ4n) is 2.69. The molecule has 0 aliphatic heterocycles. The second kappa shape index (κ2) is 5.65. The molecule has 7 heteroatoms. The van der Waals surface area contributed by atoms with Crippen molar-refractivity contribution in [1.82, 2.24) is 19.6 Å². The van der Waals surface area contributed by atoms with Gasteiger partial charge in [0.2, 0.25) is 5.65 Å². The third-order valence-corrected chi connectivity index (χ3v) is 4.10. The number of para-hydroxylation sites is 2. The van der Waals surface area contributed by atoms with Crippen molar-refractivity contribution in [2.45, 2.75) is 6.92 Å². The van der Waals surface area contributed by atoms with E-state index in [1.165, 1.54) is 0 Å². The molecular weight excluding hydrogens is 326 g/mol. The summed E-state index contributed by atoms with van der Waals surface area (Å²) in [6.07, 6.45) is 0. The van der Waals surface area contributed by atoms with Crippen LogP contribution < -0.4 is 10.1 Å². The first-order chi connectivity index (χ1) is 11.7. The first-order valence-electron chi connectivity index (χ1n) is 7.38. The monoisotopic (exact) mass is 339 g/mol. The van der Waals surface area contributed by atoms with Crippen LogP contribution in [-0.4, -0.2) is 26.7 Å². The standard InChI is InChI=1S/C17H14ClN5O/c1-10-21-22-17-16(19-11-7-8-15(24-2)12(18)9-11)20-13-5-3-4-6-14(13)23(10)17/h3-9H,1-2H3,(H,19,20). The third-order valence-electron chi connectivity index (χ3n) is 3.81. The van der Waals surface area contributed by atoms with Crippen LogP contribution in [0.2, 0.25) is 5.02 Å². The minimum absolute atomic E-state index is 0.525. The zero-order valence-corrected chi connectivity index (χ0v) is 13.9. The summed E-state index contributed by atoms with van der Waals surface area (Å²) in [7, 11) is 1.59. The van der Waals surface area contributed by atoms with E-state index in [9.17, 15) is 0 Å². The number of anilines is 2. The number of aryl methyl sites for hydroxylation is 1. The smallest absolute Gasteiger partial charge is 0.204 e. The zero-order valence-electron chi connectivity index (χ0n) is 13.1. The van der Waals surface area contributed by atoms with E-state index >= 15 is 0 Å². The molecule has 2 aromatic heterocycles. The molecule has 1 N–H and O–H groups in total. The van der Waals surface area contributed by atoms with Crippen LogP contribution in [0.15, 0.2) is 42.5 Å². The molecule has 2 aromatic carbocycles. The van der Waals surface area contributed by atoms with E-state index in [2.05, 4.69) is 20.5 Å². The number of methoxy groups -OCH3 is 1. The molecule has 0 aliphatic carbocycles. The molecule has 0 bridgehead atoms. The summed E-state index contributed by atoms with van der Waals surface area (Å²) < 4.78 is 7.16. The number of fused-ring (bicyclic) bond motifs is 3. The fraction of sp³-hybridized carbons (Fsp3) is 0.118. The normalized spacial score (nSPS) is 11.1. The first-order valence-corrected chi connectivity index (χ1v) is 7.76. The maximum absolute atomic E-state index is 6.19. The van der Waals surface area contributed by atoms with Gasteiger partial charge >= 0.3 is 0 Å². The third kappa shape index (κ3) is 2.32. The van der Waals surface area contributed by atoms with Crippen LogP contribution in [0.25, 0.3) is 16.7 Å². The quantitative estimate of drug-likeness (QED) is 0.611. The van der Waals surface area contributed by atoms with Crippen molar-refractivity contribution in [1.29, 1.82) is 0 Å². The Hall–Kier alpha value is -2.86. The number of nitrogens with zero attached hydrogens (tertiary/aromatic N) is 4. The topological polar surface area (TPSA) is 64.3 Å². The molecule has 0 amide bonds. The number of hydrogen-bond acceptors (Lipinski definition) is 5. The molecule has 0 spiro atoms. The van der Waals surface area contributed by atoms with Crippen LogP contribution in [0, 0.1) is 6.92 Å². The van der Waals surface area contributed by atoms with Crippen molar-refractivity contribution in [2.75, 3.05) is 12.4 Å². The zero-order chi connectivity index (χ0) is 16.7. The van der Waals surface area contributed by atoms with E-state index in [0.717, 1.165) is 22.5 Å². The minimum Gasteiger partial charge on any atom is -0.495 e. The lowest BCUT2D eigenvalue weighted by atomic mass is 10.3. The van der Waals surface area contributed by atoms with Crippen LogP contribution >= 0.6 is 11.6 Å². The number of aromatic nitrogens is 4. The number of hydrogen-bond donors (Lipinski definition) is 1. The molecule has 0 atom stereocenters. The van der Waals surface area contributed by atoms with Crippen LogP contribution in [0.5, 0.6) is 5.75 Å². The van der Waals surface area contributed by atoms with Crippen LogP contribution in [0.3, 0.4) is 0 Å². The molecule has 4 aromatic rings. The Labute approximate surface area is 143 Å². The lowest BCUT2D eigenvalue weighted by Crippen LogP contribution is -2.01. The Morgan fingerprint density at radius 3 is 2.75 bits per heavy atom. The van der Waals surface area contributed by atoms with Gasteiger partial charge in [0.05, 0.1) is 23.2 Å². The van der Waals surface area contributed by atoms with Crippen molar-refractivity contribution in [3.8, 4) is 5.75 Å². The second-order valence-corrected chi connectivity index (χ2v) is 5.74. The van der Waals surface area contributed by atoms with Gasteiger partial charge in [-0.25, -0.2) is 4.98 Å². The average Bonchev–Trinajstić information content (AvgIpc) is 2.98. The second-order valence-electron chi connectivity index (χ2n) is 5.33. The number of rotatable bonds is 3. The molecule has 6 nitrogen and oxygen atoms in total. The van der Waals surface area contributed by atoms with Gasteiger partial charge < -0.3 is 10.1 Å². The van der Waals surface area contributed by atoms with Gasteiger partial charge in [0.15, 0.2) is 5.82 Å². The summed E-state index contributed by atoms with van der Waals surface area (Å²) in [5.74, 6) is 2.05. The number of nitrogens with one attached hydrogen (secondary N) is 1. The lowest BCUT2D eigenvalue weighted by Gasteiger charge is -2.11. The van der Waals surface area contributed by atoms with Gasteiger partial charge in [-0.3, -0.25) is 4.40 Å². The number of benzene rings is 2. The summed E-state index contributed by atoms with van der Waals surface area (Å²) in [6, 6.07) is 13.4. The van der Waals surface area contributed by atoms with Crippen molar-refractivity contribution < 1.29 is 4.74 Å². The summed E-state index contributed by atoms with van der Waals surface area (Å²) in [5.41, 5.74) is 3.28. The van der Waals surface area contributed by atoms with Crippen molar-refractivity contribution in [2.24, 2.45) is 0 Å². The van der Waals surface area contributed by atoms with E-state index in [0.29, 0.717) is 22.2 Å². The Morgan fingerprint density at radius 2 is 1.96 bits per heavy atom. The fourth-order valence-corrected chi connectivity index (χ4v) is 2.94. The van der Waals surface area contributed by atoms with Gasteiger partial charge in [-0.1, -0.05) is 23.7 Å². The molecule has 0 fully saturated rings. The molecule has 2 heterocycles. The van der Waals surface area contributed by atoms with E-state index in [1.54, 1.807) is 19.2 Å². The summed E-state index contributed by atoms with van der Waals surface area (Å²) in [6.45, 7) is 1.92. The molecule has 4 rings (SSSR count). The largest absolute Gasteiger partial charge is 0.495 e. The molecule has 0 radical (unpaired) electrons. The maximum atomic E-state index is 6.19. The first kappa shape index (κ1) is 14.7. The van der Waals surface area contributed by atoms with Crippen LogP contribution in [-0.2, 0) is 0 Å². The van der Waals surface area contributed by atoms with Gasteiger partial charge in [0.25, 0.3) is 0 Å². The van der Waals surface area contributed by atoms with Crippen LogP contribution in [0.1, 0.15) is 5.82 Å². The maximum Gasteiger partial charge on any atom is 0.204 e. The number of ether oxygens (including phenoxy) is 1. The Bertz CT molecular complexity index is 1060. The molecule has 0 saturated carbocycles. The van der Waals surface area contributed by atoms with Crippen molar-refractivity contribution in [3.63, 3.8) is 0 Å². The summed E-state index contributed by atoms with van der Waals surface area (Å²) in [5, 5.41) is 12.2. The van der Waals surface area contributed by atoms with Crippen molar-refractivity contribution in [3.05, 3.63) is 53.3 Å². The van der Waals surface area contributed by atoms with Gasteiger partial charge in [0.1, 0.15) is 11.6 Å². The number of halogens is 1.